The van der Waals surface area contributed by atoms with Gasteiger partial charge in [-0.3, -0.25) is 0 Å². The number of ether oxygens (including phenoxy) is 1. The first-order valence-corrected chi connectivity index (χ1v) is 4.43. The molecule has 0 radical (unpaired) electrons. The van der Waals surface area contributed by atoms with Gasteiger partial charge in [-0.2, -0.15) is 0 Å². The number of aliphatic hydroxyl groups excluding tert-OH is 1. The second kappa shape index (κ2) is 7.86. The zero-order chi connectivity index (χ0) is 10.1. The molecule has 0 unspecified atom stereocenters. The van der Waals surface area contributed by atoms with Crippen LogP contribution in [0.15, 0.2) is 5.11 Å². The van der Waals surface area contributed by atoms with Crippen LogP contribution >= 0.6 is 0 Å². The van der Waals surface area contributed by atoms with Crippen LogP contribution in [0, 0.1) is 5.92 Å². The molecular formula is C8H17N3O2. The first kappa shape index (κ1) is 12.2. The molecule has 0 bridgehead atoms. The van der Waals surface area contributed by atoms with E-state index in [9.17, 15) is 0 Å². The Hall–Kier alpha value is -0.770. The van der Waals surface area contributed by atoms with Crippen LogP contribution in [-0.4, -0.2) is 31.0 Å². The second-order valence-corrected chi connectivity index (χ2v) is 3.30. The lowest BCUT2D eigenvalue weighted by Gasteiger charge is -2.09. The minimum Gasteiger partial charge on any atom is -0.396 e. The number of rotatable bonds is 7. The van der Waals surface area contributed by atoms with Crippen molar-refractivity contribution < 1.29 is 9.84 Å². The van der Waals surface area contributed by atoms with Crippen molar-refractivity contribution in [1.29, 1.82) is 0 Å². The fraction of sp³-hybridized carbons (Fsp3) is 1.00. The molecule has 1 atom stereocenters. The highest BCUT2D eigenvalue weighted by Crippen LogP contribution is 2.00. The molecule has 0 aromatic heterocycles. The molecule has 0 aliphatic carbocycles. The molecule has 0 spiro atoms. The Balaban J connectivity index is 3.43. The summed E-state index contributed by atoms with van der Waals surface area (Å²) in [6, 6.07) is -0.447. The predicted molar refractivity (Wildman–Crippen MR) is 50.3 cm³/mol. The van der Waals surface area contributed by atoms with E-state index in [0.717, 1.165) is 6.42 Å². The lowest BCUT2D eigenvalue weighted by Crippen LogP contribution is -2.17. The van der Waals surface area contributed by atoms with Crippen LogP contribution in [-0.2, 0) is 4.74 Å². The number of aliphatic hydroxyl groups is 1. The van der Waals surface area contributed by atoms with Gasteiger partial charge in [0.2, 0.25) is 0 Å². The standard InChI is InChI=1S/C8H17N3O2/c1-7(2)3-4-13-6-8(5-12)10-11-9/h7-8,12H,3-6H2,1-2H3/t8-/m0/s1. The van der Waals surface area contributed by atoms with Crippen LogP contribution < -0.4 is 0 Å². The Morgan fingerprint density at radius 1 is 1.54 bits per heavy atom. The van der Waals surface area contributed by atoms with Gasteiger partial charge in [-0.1, -0.05) is 19.0 Å². The molecule has 0 aromatic rings. The second-order valence-electron chi connectivity index (χ2n) is 3.30. The van der Waals surface area contributed by atoms with Crippen molar-refractivity contribution in [3.05, 3.63) is 10.4 Å². The highest BCUT2D eigenvalue weighted by Gasteiger charge is 2.04. The van der Waals surface area contributed by atoms with Crippen LogP contribution in [0.2, 0.25) is 0 Å². The maximum Gasteiger partial charge on any atom is 0.0838 e. The Morgan fingerprint density at radius 2 is 2.23 bits per heavy atom. The smallest absolute Gasteiger partial charge is 0.0838 e. The summed E-state index contributed by atoms with van der Waals surface area (Å²) in [7, 11) is 0. The summed E-state index contributed by atoms with van der Waals surface area (Å²) < 4.78 is 5.23. The van der Waals surface area contributed by atoms with E-state index in [1.54, 1.807) is 0 Å². The fourth-order valence-electron chi connectivity index (χ4n) is 0.734. The average Bonchev–Trinajstić information content (AvgIpc) is 2.10. The molecular weight excluding hydrogens is 170 g/mol. The van der Waals surface area contributed by atoms with Gasteiger partial charge in [0.05, 0.1) is 19.3 Å². The zero-order valence-electron chi connectivity index (χ0n) is 8.18. The quantitative estimate of drug-likeness (QED) is 0.285. The van der Waals surface area contributed by atoms with Gasteiger partial charge in [0.15, 0.2) is 0 Å². The van der Waals surface area contributed by atoms with Gasteiger partial charge in [0.1, 0.15) is 0 Å². The fourth-order valence-corrected chi connectivity index (χ4v) is 0.734. The summed E-state index contributed by atoms with van der Waals surface area (Å²) in [4.78, 5) is 2.61. The van der Waals surface area contributed by atoms with E-state index < -0.39 is 6.04 Å². The largest absolute Gasteiger partial charge is 0.396 e. The Morgan fingerprint density at radius 3 is 2.69 bits per heavy atom. The van der Waals surface area contributed by atoms with Gasteiger partial charge in [0.25, 0.3) is 0 Å². The minimum atomic E-state index is -0.447. The molecule has 0 fully saturated rings. The van der Waals surface area contributed by atoms with Crippen molar-refractivity contribution in [2.24, 2.45) is 11.0 Å². The van der Waals surface area contributed by atoms with E-state index in [1.807, 2.05) is 0 Å². The monoisotopic (exact) mass is 187 g/mol. The van der Waals surface area contributed by atoms with E-state index in [4.69, 9.17) is 15.4 Å². The molecule has 0 aliphatic heterocycles. The first-order chi connectivity index (χ1) is 6.20. The normalized spacial score (nSPS) is 12.6. The maximum atomic E-state index is 8.72. The van der Waals surface area contributed by atoms with Crippen LogP contribution in [0.5, 0.6) is 0 Å². The van der Waals surface area contributed by atoms with Gasteiger partial charge < -0.3 is 9.84 Å². The van der Waals surface area contributed by atoms with Crippen molar-refractivity contribution in [3.63, 3.8) is 0 Å². The highest BCUT2D eigenvalue weighted by molar-refractivity contribution is 4.64. The predicted octanol–water partition coefficient (Wildman–Crippen LogP) is 1.72. The molecule has 5 nitrogen and oxygen atoms in total. The molecule has 76 valence electrons. The molecule has 1 N–H and O–H groups in total. The third kappa shape index (κ3) is 7.59. The van der Waals surface area contributed by atoms with Gasteiger partial charge in [-0.15, -0.1) is 0 Å². The van der Waals surface area contributed by atoms with Crippen LogP contribution in [0.1, 0.15) is 20.3 Å². The summed E-state index contributed by atoms with van der Waals surface area (Å²) in [6.45, 7) is 5.01. The summed E-state index contributed by atoms with van der Waals surface area (Å²) in [5, 5.41) is 12.1. The summed E-state index contributed by atoms with van der Waals surface area (Å²) in [5.41, 5.74) is 8.10. The van der Waals surface area contributed by atoms with Gasteiger partial charge in [-0.05, 0) is 17.9 Å². The number of hydrogen-bond acceptors (Lipinski definition) is 3. The number of nitrogens with zero attached hydrogens (tertiary/aromatic N) is 3. The maximum absolute atomic E-state index is 8.72. The molecule has 0 aliphatic rings. The Kier molecular flexibility index (Phi) is 7.39. The van der Waals surface area contributed by atoms with Gasteiger partial charge in [-0.25, -0.2) is 0 Å². The van der Waals surface area contributed by atoms with Crippen molar-refractivity contribution >= 4 is 0 Å². The molecule has 5 heteroatoms. The SMILES string of the molecule is CC(C)CCOC[C@H](CO)N=[N+]=[N-]. The minimum absolute atomic E-state index is 0.161. The summed E-state index contributed by atoms with van der Waals surface area (Å²) >= 11 is 0. The van der Waals surface area contributed by atoms with Crippen molar-refractivity contribution in [1.82, 2.24) is 0 Å². The number of hydrogen-bond donors (Lipinski definition) is 1. The molecule has 0 rings (SSSR count). The number of azide groups is 1. The molecule has 0 saturated carbocycles. The third-order valence-electron chi connectivity index (χ3n) is 1.58. The van der Waals surface area contributed by atoms with E-state index in [-0.39, 0.29) is 6.61 Å². The van der Waals surface area contributed by atoms with Crippen molar-refractivity contribution in [2.75, 3.05) is 19.8 Å². The molecule has 13 heavy (non-hydrogen) atoms. The molecule has 0 amide bonds. The van der Waals surface area contributed by atoms with Crippen molar-refractivity contribution in [2.45, 2.75) is 26.3 Å². The molecule has 0 saturated heterocycles. The van der Waals surface area contributed by atoms with Crippen LogP contribution in [0.4, 0.5) is 0 Å². The zero-order valence-corrected chi connectivity index (χ0v) is 8.18. The van der Waals surface area contributed by atoms with Crippen LogP contribution in [0.25, 0.3) is 10.4 Å². The molecule has 0 heterocycles. The highest BCUT2D eigenvalue weighted by atomic mass is 16.5. The Labute approximate surface area is 78.3 Å². The van der Waals surface area contributed by atoms with Crippen molar-refractivity contribution in [3.8, 4) is 0 Å². The first-order valence-electron chi connectivity index (χ1n) is 4.43. The van der Waals surface area contributed by atoms with E-state index in [0.29, 0.717) is 19.1 Å². The third-order valence-corrected chi connectivity index (χ3v) is 1.58. The Bertz CT molecular complexity index is 167. The van der Waals surface area contributed by atoms with Gasteiger partial charge >= 0.3 is 0 Å². The topological polar surface area (TPSA) is 78.2 Å². The lowest BCUT2D eigenvalue weighted by molar-refractivity contribution is 0.0936. The van der Waals surface area contributed by atoms with E-state index >= 15 is 0 Å². The summed E-state index contributed by atoms with van der Waals surface area (Å²) in [5.74, 6) is 0.604. The van der Waals surface area contributed by atoms with E-state index in [2.05, 4.69) is 23.9 Å². The average molecular weight is 187 g/mol. The van der Waals surface area contributed by atoms with Gasteiger partial charge in [0, 0.05) is 11.5 Å². The molecule has 0 aromatic carbocycles. The summed E-state index contributed by atoms with van der Waals surface area (Å²) in [6.07, 6.45) is 0.981. The van der Waals surface area contributed by atoms with E-state index in [1.165, 1.54) is 0 Å². The van der Waals surface area contributed by atoms with Crippen LogP contribution in [0.3, 0.4) is 0 Å². The lowest BCUT2D eigenvalue weighted by atomic mass is 10.1.